The number of halogens is 1. The Balaban J connectivity index is 1.68. The highest BCUT2D eigenvalue weighted by Gasteiger charge is 2.08. The number of aromatic nitrogens is 2. The maximum Gasteiger partial charge on any atom is 0.172 e. The number of alkyl halides is 1. The molecule has 0 aliphatic heterocycles. The normalized spacial score (nSPS) is 11.4. The fraction of sp³-hybridized carbons (Fsp3) is 0.562. The van der Waals surface area contributed by atoms with Gasteiger partial charge in [0.25, 0.3) is 0 Å². The van der Waals surface area contributed by atoms with Crippen molar-refractivity contribution in [2.45, 2.75) is 25.7 Å². The van der Waals surface area contributed by atoms with E-state index in [2.05, 4.69) is 45.0 Å². The van der Waals surface area contributed by atoms with Crippen LogP contribution >= 0.6 is 22.6 Å². The Morgan fingerprint density at radius 3 is 2.82 bits per heavy atom. The minimum atomic E-state index is 0.729. The maximum atomic E-state index is 6.12. The van der Waals surface area contributed by atoms with Gasteiger partial charge in [-0.05, 0) is 56.0 Å². The summed E-state index contributed by atoms with van der Waals surface area (Å²) in [5.74, 6) is 0.788. The number of nitrogens with two attached hydrogens (primary N) is 1. The Morgan fingerprint density at radius 2 is 2.05 bits per heavy atom. The predicted molar refractivity (Wildman–Crippen MR) is 103 cm³/mol. The van der Waals surface area contributed by atoms with Gasteiger partial charge in [-0.25, -0.2) is 4.52 Å². The zero-order chi connectivity index (χ0) is 15.8. The molecule has 22 heavy (non-hydrogen) atoms. The quantitative estimate of drug-likeness (QED) is 0.355. The number of unbranched alkanes of at least 4 members (excludes halogenated alkanes) is 2. The van der Waals surface area contributed by atoms with Crippen LogP contribution in [0.3, 0.4) is 0 Å². The molecule has 0 aromatic carbocycles. The minimum Gasteiger partial charge on any atom is -0.394 e. The van der Waals surface area contributed by atoms with E-state index in [0.717, 1.165) is 36.5 Å². The molecule has 2 rings (SSSR count). The van der Waals surface area contributed by atoms with Crippen molar-refractivity contribution in [3.63, 3.8) is 0 Å². The van der Waals surface area contributed by atoms with Gasteiger partial charge in [-0.1, -0.05) is 35.1 Å². The molecule has 0 spiro atoms. The third kappa shape index (κ3) is 5.01. The van der Waals surface area contributed by atoms with Gasteiger partial charge in [-0.3, -0.25) is 0 Å². The summed E-state index contributed by atoms with van der Waals surface area (Å²) in [5.41, 5.74) is 7.80. The largest absolute Gasteiger partial charge is 0.394 e. The second kappa shape index (κ2) is 9.19. The van der Waals surface area contributed by atoms with Crippen LogP contribution in [0, 0.1) is 0 Å². The highest BCUT2D eigenvalue weighted by Crippen LogP contribution is 2.22. The molecule has 3 N–H and O–H groups in total. The lowest BCUT2D eigenvalue weighted by atomic mass is 10.2. The number of hydrogen-bond donors (Lipinski definition) is 2. The van der Waals surface area contributed by atoms with Gasteiger partial charge in [0.1, 0.15) is 5.69 Å². The van der Waals surface area contributed by atoms with Crippen LogP contribution in [0.2, 0.25) is 0 Å². The molecule has 2 aromatic heterocycles. The number of rotatable bonds is 10. The average Bonchev–Trinajstić information content (AvgIpc) is 2.85. The van der Waals surface area contributed by atoms with Crippen molar-refractivity contribution in [1.29, 1.82) is 0 Å². The van der Waals surface area contributed by atoms with Crippen molar-refractivity contribution in [1.82, 2.24) is 14.5 Å². The lowest BCUT2D eigenvalue weighted by Crippen LogP contribution is -2.23. The molecule has 0 atom stereocenters. The molecule has 2 heterocycles. The van der Waals surface area contributed by atoms with E-state index < -0.39 is 0 Å². The molecule has 0 aliphatic rings. The van der Waals surface area contributed by atoms with E-state index in [-0.39, 0.29) is 0 Å². The highest BCUT2D eigenvalue weighted by atomic mass is 127. The Morgan fingerprint density at radius 1 is 1.23 bits per heavy atom. The molecule has 5 nitrogen and oxygen atoms in total. The van der Waals surface area contributed by atoms with Crippen LogP contribution in [0.5, 0.6) is 0 Å². The van der Waals surface area contributed by atoms with Crippen LogP contribution in [0.15, 0.2) is 24.4 Å². The van der Waals surface area contributed by atoms with Crippen molar-refractivity contribution in [3.05, 3.63) is 24.4 Å². The molecule has 0 aliphatic carbocycles. The smallest absolute Gasteiger partial charge is 0.172 e. The monoisotopic (exact) mass is 415 g/mol. The third-order valence-electron chi connectivity index (χ3n) is 3.76. The lowest BCUT2D eigenvalue weighted by molar-refractivity contribution is 0.324. The van der Waals surface area contributed by atoms with Crippen molar-refractivity contribution in [2.24, 2.45) is 0 Å². The number of nitrogen functional groups attached to an aromatic ring is 1. The van der Waals surface area contributed by atoms with Crippen LogP contribution in [-0.2, 0) is 0 Å². The van der Waals surface area contributed by atoms with Crippen molar-refractivity contribution >= 4 is 39.6 Å². The van der Waals surface area contributed by atoms with Crippen molar-refractivity contribution in [2.75, 3.05) is 42.2 Å². The van der Waals surface area contributed by atoms with Gasteiger partial charge in [0, 0.05) is 12.7 Å². The molecule has 0 saturated heterocycles. The number of nitrogens with zero attached hydrogens (tertiary/aromatic N) is 3. The summed E-state index contributed by atoms with van der Waals surface area (Å²) < 4.78 is 3.09. The topological polar surface area (TPSA) is 58.6 Å². The molecule has 122 valence electrons. The number of anilines is 2. The summed E-state index contributed by atoms with van der Waals surface area (Å²) in [4.78, 5) is 2.40. The minimum absolute atomic E-state index is 0.729. The second-order valence-electron chi connectivity index (χ2n) is 5.63. The van der Waals surface area contributed by atoms with Crippen LogP contribution in [0.1, 0.15) is 25.7 Å². The van der Waals surface area contributed by atoms with E-state index in [1.165, 1.54) is 30.2 Å². The average molecular weight is 415 g/mol. The fourth-order valence-electron chi connectivity index (χ4n) is 2.47. The van der Waals surface area contributed by atoms with E-state index in [1.807, 2.05) is 28.9 Å². The Bertz CT molecular complexity index is 569. The summed E-state index contributed by atoms with van der Waals surface area (Å²) in [5, 5.41) is 7.81. The first-order chi connectivity index (χ1) is 10.7. The van der Waals surface area contributed by atoms with Gasteiger partial charge in [-0.15, -0.1) is 5.10 Å². The van der Waals surface area contributed by atoms with E-state index >= 15 is 0 Å². The van der Waals surface area contributed by atoms with E-state index in [0.29, 0.717) is 0 Å². The van der Waals surface area contributed by atoms with Gasteiger partial charge in [0.15, 0.2) is 5.82 Å². The first-order valence-corrected chi connectivity index (χ1v) is 9.46. The van der Waals surface area contributed by atoms with Gasteiger partial charge in [0.05, 0.1) is 5.52 Å². The molecular weight excluding hydrogens is 389 g/mol. The van der Waals surface area contributed by atoms with Crippen LogP contribution in [0.4, 0.5) is 11.5 Å². The Kier molecular flexibility index (Phi) is 7.24. The molecule has 6 heteroatoms. The standard InChI is InChI=1S/C16H26IN5/c1-21(11-5-2-4-9-17)12-7-10-19-16-15(18)14-8-3-6-13-22(14)20-16/h3,6,8,13H,2,4-5,7,9-12,18H2,1H3,(H,19,20). The number of fused-ring (bicyclic) bond motifs is 1. The van der Waals surface area contributed by atoms with E-state index in [9.17, 15) is 0 Å². The van der Waals surface area contributed by atoms with Gasteiger partial charge >= 0.3 is 0 Å². The third-order valence-corrected chi connectivity index (χ3v) is 4.52. The summed E-state index contributed by atoms with van der Waals surface area (Å²) >= 11 is 2.45. The molecule has 0 saturated carbocycles. The van der Waals surface area contributed by atoms with E-state index in [4.69, 9.17) is 5.73 Å². The molecule has 0 bridgehead atoms. The zero-order valence-corrected chi connectivity index (χ0v) is 15.4. The van der Waals surface area contributed by atoms with Crippen LogP contribution in [0.25, 0.3) is 5.52 Å². The molecular formula is C16H26IN5. The Labute approximate surface area is 146 Å². The summed E-state index contributed by atoms with van der Waals surface area (Å²) in [7, 11) is 2.20. The number of hydrogen-bond acceptors (Lipinski definition) is 4. The molecule has 0 radical (unpaired) electrons. The number of nitrogens with one attached hydrogen (secondary N) is 1. The molecule has 0 fully saturated rings. The first-order valence-electron chi connectivity index (χ1n) is 7.93. The first kappa shape index (κ1) is 17.3. The number of pyridine rings is 1. The second-order valence-corrected chi connectivity index (χ2v) is 6.70. The Hall–Kier alpha value is -1.02. The van der Waals surface area contributed by atoms with Gasteiger partial charge < -0.3 is 16.0 Å². The molecule has 0 amide bonds. The van der Waals surface area contributed by atoms with Gasteiger partial charge in [0.2, 0.25) is 0 Å². The zero-order valence-electron chi connectivity index (χ0n) is 13.3. The fourth-order valence-corrected chi connectivity index (χ4v) is 3.01. The lowest BCUT2D eigenvalue weighted by Gasteiger charge is -2.16. The molecule has 0 unspecified atom stereocenters. The SMILES string of the molecule is CN(CCCCCI)CCCNc1nn2ccccc2c1N. The van der Waals surface area contributed by atoms with Crippen LogP contribution in [-0.4, -0.2) is 45.6 Å². The summed E-state index contributed by atoms with van der Waals surface area (Å²) in [6.07, 6.45) is 6.98. The summed E-state index contributed by atoms with van der Waals surface area (Å²) in [6.45, 7) is 3.18. The van der Waals surface area contributed by atoms with Crippen molar-refractivity contribution < 1.29 is 0 Å². The van der Waals surface area contributed by atoms with Crippen molar-refractivity contribution in [3.8, 4) is 0 Å². The highest BCUT2D eigenvalue weighted by molar-refractivity contribution is 14.1. The maximum absolute atomic E-state index is 6.12. The summed E-state index contributed by atoms with van der Waals surface area (Å²) in [6, 6.07) is 5.91. The molecule has 2 aromatic rings. The van der Waals surface area contributed by atoms with Crippen LogP contribution < -0.4 is 11.1 Å². The van der Waals surface area contributed by atoms with E-state index in [1.54, 1.807) is 0 Å². The predicted octanol–water partition coefficient (Wildman–Crippen LogP) is 3.26. The van der Waals surface area contributed by atoms with Gasteiger partial charge in [-0.2, -0.15) is 0 Å².